The van der Waals surface area contributed by atoms with Gasteiger partial charge in [-0.25, -0.2) is 0 Å². The molecule has 132 valence electrons. The van der Waals surface area contributed by atoms with Crippen molar-refractivity contribution in [2.24, 2.45) is 11.3 Å². The molecule has 1 aliphatic heterocycles. The molecular weight excluding hydrogens is 304 g/mol. The Kier molecular flexibility index (Phi) is 4.77. The number of Topliss-reactive ketones (excluding diaryl/α,β-unsaturated/α-hetero) is 1. The van der Waals surface area contributed by atoms with E-state index in [9.17, 15) is 4.79 Å². The fourth-order valence-corrected chi connectivity index (χ4v) is 5.18. The van der Waals surface area contributed by atoms with Gasteiger partial charge >= 0.3 is 0 Å². The van der Waals surface area contributed by atoms with Crippen molar-refractivity contribution in [3.8, 4) is 0 Å². The van der Waals surface area contributed by atoms with Crippen LogP contribution in [-0.2, 0) is 14.0 Å². The van der Waals surface area contributed by atoms with Crippen molar-refractivity contribution in [2.45, 2.75) is 90.8 Å². The molecule has 2 rings (SSSR count). The molecule has 23 heavy (non-hydrogen) atoms. The van der Waals surface area contributed by atoms with E-state index in [2.05, 4.69) is 54.3 Å². The number of ether oxygens (including phenoxy) is 1. The Hall–Kier alpha value is -0.453. The number of carbonyl (C=O) groups is 1. The lowest BCUT2D eigenvalue weighted by Crippen LogP contribution is -2.50. The minimum Gasteiger partial charge on any atom is -0.410 e. The minimum atomic E-state index is -1.85. The summed E-state index contributed by atoms with van der Waals surface area (Å²) in [5, 5.41) is 0.179. The Labute approximate surface area is 142 Å². The summed E-state index contributed by atoms with van der Waals surface area (Å²) in [6.45, 7) is 21.9. The maximum absolute atomic E-state index is 11.6. The number of carbonyl (C=O) groups excluding carboxylic acids is 1. The Bertz CT molecular complexity index is 501. The monoisotopic (exact) mass is 338 g/mol. The van der Waals surface area contributed by atoms with Gasteiger partial charge < -0.3 is 9.16 Å². The summed E-state index contributed by atoms with van der Waals surface area (Å²) in [5.41, 5.74) is 1.17. The van der Waals surface area contributed by atoms with Crippen molar-refractivity contribution in [1.82, 2.24) is 0 Å². The first-order valence-electron chi connectivity index (χ1n) is 8.79. The Morgan fingerprint density at radius 1 is 1.39 bits per heavy atom. The molecule has 4 atom stereocenters. The maximum atomic E-state index is 11.6. The first-order chi connectivity index (χ1) is 10.3. The summed E-state index contributed by atoms with van der Waals surface area (Å²) < 4.78 is 12.9. The van der Waals surface area contributed by atoms with Crippen LogP contribution in [0.15, 0.2) is 12.2 Å². The largest absolute Gasteiger partial charge is 0.410 e. The van der Waals surface area contributed by atoms with Crippen molar-refractivity contribution in [2.75, 3.05) is 0 Å². The molecule has 0 aromatic heterocycles. The number of hydrogen-bond donors (Lipinski definition) is 0. The van der Waals surface area contributed by atoms with Gasteiger partial charge in [-0.3, -0.25) is 4.79 Å². The van der Waals surface area contributed by atoms with Gasteiger partial charge in [-0.15, -0.1) is 0 Å². The van der Waals surface area contributed by atoms with Crippen molar-refractivity contribution < 1.29 is 14.0 Å². The molecule has 1 saturated carbocycles. The van der Waals surface area contributed by atoms with Crippen molar-refractivity contribution >= 4 is 14.1 Å². The highest BCUT2D eigenvalue weighted by molar-refractivity contribution is 6.74. The highest BCUT2D eigenvalue weighted by atomic mass is 28.4. The van der Waals surface area contributed by atoms with Crippen LogP contribution in [0.3, 0.4) is 0 Å². The highest BCUT2D eigenvalue weighted by Gasteiger charge is 2.57. The second-order valence-electron chi connectivity index (χ2n) is 9.55. The molecule has 0 radical (unpaired) electrons. The highest BCUT2D eigenvalue weighted by Crippen LogP contribution is 2.55. The smallest absolute Gasteiger partial charge is 0.192 e. The van der Waals surface area contributed by atoms with Crippen LogP contribution in [0, 0.1) is 11.3 Å². The predicted molar refractivity (Wildman–Crippen MR) is 97.1 cm³/mol. The van der Waals surface area contributed by atoms with Gasteiger partial charge in [0, 0.05) is 24.2 Å². The summed E-state index contributed by atoms with van der Waals surface area (Å²) in [6.07, 6.45) is 1.53. The van der Waals surface area contributed by atoms with E-state index in [1.807, 2.05) is 0 Å². The number of ketones is 1. The van der Waals surface area contributed by atoms with Crippen LogP contribution in [0.2, 0.25) is 18.1 Å². The second kappa shape index (κ2) is 5.82. The van der Waals surface area contributed by atoms with Gasteiger partial charge in [-0.05, 0) is 30.6 Å². The molecule has 0 aromatic rings. The first kappa shape index (κ1) is 18.9. The van der Waals surface area contributed by atoms with Gasteiger partial charge in [0.25, 0.3) is 0 Å². The zero-order valence-electron chi connectivity index (χ0n) is 16.2. The van der Waals surface area contributed by atoms with Gasteiger partial charge in [0.1, 0.15) is 5.78 Å². The SMILES string of the molecule is C=C1[C@@H](O[Si](C)(C)C(C)(C)C)C[C@@H]2OC(CC(C)=O)[C@H]1C2(C)C. The molecular formula is C19H34O3Si. The lowest BCUT2D eigenvalue weighted by molar-refractivity contribution is -0.119. The van der Waals surface area contributed by atoms with Crippen LogP contribution in [0.25, 0.3) is 0 Å². The summed E-state index contributed by atoms with van der Waals surface area (Å²) >= 11 is 0. The summed E-state index contributed by atoms with van der Waals surface area (Å²) in [7, 11) is -1.85. The summed E-state index contributed by atoms with van der Waals surface area (Å²) in [5.74, 6) is 0.396. The summed E-state index contributed by atoms with van der Waals surface area (Å²) in [4.78, 5) is 11.6. The van der Waals surface area contributed by atoms with Crippen LogP contribution >= 0.6 is 0 Å². The van der Waals surface area contributed by atoms with E-state index in [4.69, 9.17) is 9.16 Å². The lowest BCUT2D eigenvalue weighted by atomic mass is 9.64. The fourth-order valence-electron chi connectivity index (χ4n) is 3.87. The van der Waals surface area contributed by atoms with Gasteiger partial charge in [0.05, 0.1) is 18.3 Å². The van der Waals surface area contributed by atoms with E-state index in [1.54, 1.807) is 6.92 Å². The van der Waals surface area contributed by atoms with Crippen LogP contribution in [0.1, 0.15) is 54.4 Å². The molecule has 2 fully saturated rings. The molecule has 1 heterocycles. The first-order valence-corrected chi connectivity index (χ1v) is 11.7. The molecule has 3 nitrogen and oxygen atoms in total. The van der Waals surface area contributed by atoms with E-state index in [-0.39, 0.29) is 40.5 Å². The molecule has 1 aliphatic carbocycles. The molecule has 2 aliphatic rings. The standard InChI is InChI=1S/C19H34O3Si/c1-12(20)10-15-17-13(2)14(11-16(21-15)19(17,6)7)22-23(8,9)18(3,4)5/h14-17H,2,10-11H2,1,3-9H3/t14-,15?,16-,17-/m0/s1. The quantitative estimate of drug-likeness (QED) is 0.549. The van der Waals surface area contributed by atoms with E-state index >= 15 is 0 Å². The second-order valence-corrected chi connectivity index (χ2v) is 14.3. The average Bonchev–Trinajstić information content (AvgIpc) is 2.46. The summed E-state index contributed by atoms with van der Waals surface area (Å²) in [6, 6.07) is 0. The van der Waals surface area contributed by atoms with Crippen LogP contribution < -0.4 is 0 Å². The molecule has 0 spiro atoms. The molecule has 0 aromatic carbocycles. The third kappa shape index (κ3) is 3.35. The molecule has 0 amide bonds. The lowest BCUT2D eigenvalue weighted by Gasteiger charge is -2.46. The Morgan fingerprint density at radius 3 is 2.43 bits per heavy atom. The molecule has 4 heteroatoms. The van der Waals surface area contributed by atoms with Gasteiger partial charge in [-0.1, -0.05) is 41.2 Å². The zero-order chi connectivity index (χ0) is 17.8. The van der Waals surface area contributed by atoms with Gasteiger partial charge in [-0.2, -0.15) is 0 Å². The minimum absolute atomic E-state index is 0.0322. The zero-order valence-corrected chi connectivity index (χ0v) is 17.2. The number of fused-ring (bicyclic) bond motifs is 2. The third-order valence-corrected chi connectivity index (χ3v) is 10.8. The fraction of sp³-hybridized carbons (Fsp3) is 0.842. The van der Waals surface area contributed by atoms with Crippen LogP contribution in [-0.4, -0.2) is 32.4 Å². The van der Waals surface area contributed by atoms with Crippen molar-refractivity contribution in [1.29, 1.82) is 0 Å². The average molecular weight is 339 g/mol. The number of rotatable bonds is 4. The molecule has 1 unspecified atom stereocenters. The van der Waals surface area contributed by atoms with E-state index in [1.165, 1.54) is 0 Å². The van der Waals surface area contributed by atoms with Crippen molar-refractivity contribution in [3.05, 3.63) is 12.2 Å². The van der Waals surface area contributed by atoms with Gasteiger partial charge in [0.2, 0.25) is 0 Å². The third-order valence-electron chi connectivity index (χ3n) is 6.32. The normalized spacial score (nSPS) is 33.8. The molecule has 0 N–H and O–H groups in total. The van der Waals surface area contributed by atoms with E-state index in [0.717, 1.165) is 12.0 Å². The van der Waals surface area contributed by atoms with E-state index in [0.29, 0.717) is 6.42 Å². The maximum Gasteiger partial charge on any atom is 0.192 e. The topological polar surface area (TPSA) is 35.5 Å². The van der Waals surface area contributed by atoms with Gasteiger partial charge in [0.15, 0.2) is 8.32 Å². The number of hydrogen-bond acceptors (Lipinski definition) is 3. The molecule has 1 saturated heterocycles. The Morgan fingerprint density at radius 2 is 1.96 bits per heavy atom. The molecule has 2 bridgehead atoms. The van der Waals surface area contributed by atoms with Crippen molar-refractivity contribution in [3.63, 3.8) is 0 Å². The predicted octanol–water partition coefficient (Wildman–Crippen LogP) is 4.73. The Balaban J connectivity index is 2.23. The van der Waals surface area contributed by atoms with Crippen LogP contribution in [0.4, 0.5) is 0 Å². The van der Waals surface area contributed by atoms with E-state index < -0.39 is 8.32 Å². The van der Waals surface area contributed by atoms with Crippen LogP contribution in [0.5, 0.6) is 0 Å².